The molecule has 0 unspecified atom stereocenters. The summed E-state index contributed by atoms with van der Waals surface area (Å²) in [6.45, 7) is 0. The van der Waals surface area contributed by atoms with Crippen molar-refractivity contribution in [3.8, 4) is 33.5 Å². The van der Waals surface area contributed by atoms with E-state index in [0.29, 0.717) is 23.5 Å². The largest absolute Gasteiger partial charge is 0.342 e. The van der Waals surface area contributed by atoms with E-state index in [1.54, 1.807) is 6.20 Å². The molecule has 0 spiro atoms. The summed E-state index contributed by atoms with van der Waals surface area (Å²) in [7, 11) is 0. The molecule has 0 atom stereocenters. The number of hydrogen-bond donors (Lipinski definition) is 2. The van der Waals surface area contributed by atoms with Gasteiger partial charge < -0.3 is 4.98 Å². The van der Waals surface area contributed by atoms with Crippen LogP contribution in [-0.4, -0.2) is 34.8 Å². The molecule has 0 radical (unpaired) electrons. The Bertz CT molecular complexity index is 1960. The molecule has 0 fully saturated rings. The van der Waals surface area contributed by atoms with Crippen molar-refractivity contribution in [1.82, 2.24) is 34.8 Å². The smallest absolute Gasteiger partial charge is 0.282 e. The van der Waals surface area contributed by atoms with E-state index in [1.165, 1.54) is 10.8 Å². The standard InChI is InChI=1S/C30H21N7O/c38-30-26(22-13-14-23-21(16-22)12-7-15-31-23)24(17-25-32-18-33-35-25)34-29-27(19-8-3-1-4-9-19)28(36-37(29)30)20-10-5-2-6-11-20/h1-16,18,34H,17H2,(H,32,33,35). The summed E-state index contributed by atoms with van der Waals surface area (Å²) in [6.07, 6.45) is 3.59. The van der Waals surface area contributed by atoms with E-state index in [9.17, 15) is 4.79 Å². The van der Waals surface area contributed by atoms with Crippen LogP contribution in [0.1, 0.15) is 11.5 Å². The molecule has 0 saturated carbocycles. The fourth-order valence-electron chi connectivity index (χ4n) is 4.94. The van der Waals surface area contributed by atoms with Gasteiger partial charge in [-0.15, -0.1) is 0 Å². The lowest BCUT2D eigenvalue weighted by atomic mass is 9.99. The maximum absolute atomic E-state index is 14.3. The lowest BCUT2D eigenvalue weighted by molar-refractivity contribution is 0.874. The van der Waals surface area contributed by atoms with E-state index in [-0.39, 0.29) is 5.56 Å². The third-order valence-corrected chi connectivity index (χ3v) is 6.67. The molecular weight excluding hydrogens is 474 g/mol. The molecule has 2 N–H and O–H groups in total. The van der Waals surface area contributed by atoms with E-state index in [4.69, 9.17) is 5.10 Å². The van der Waals surface area contributed by atoms with Crippen molar-refractivity contribution < 1.29 is 0 Å². The van der Waals surface area contributed by atoms with Crippen molar-refractivity contribution in [2.24, 2.45) is 0 Å². The van der Waals surface area contributed by atoms with Crippen LogP contribution in [0.25, 0.3) is 50.1 Å². The molecule has 8 heteroatoms. The van der Waals surface area contributed by atoms with Gasteiger partial charge in [0, 0.05) is 29.3 Å². The minimum absolute atomic E-state index is 0.212. The number of aromatic amines is 2. The minimum Gasteiger partial charge on any atom is -0.342 e. The summed E-state index contributed by atoms with van der Waals surface area (Å²) < 4.78 is 1.48. The van der Waals surface area contributed by atoms with Gasteiger partial charge in [-0.1, -0.05) is 72.8 Å². The maximum Gasteiger partial charge on any atom is 0.282 e. The van der Waals surface area contributed by atoms with Crippen molar-refractivity contribution in [2.75, 3.05) is 0 Å². The summed E-state index contributed by atoms with van der Waals surface area (Å²) in [5.41, 5.74) is 6.79. The van der Waals surface area contributed by atoms with Gasteiger partial charge in [0.2, 0.25) is 0 Å². The SMILES string of the molecule is O=c1c(-c2ccc3ncccc3c2)c(Cc2ncn[nH]2)[nH]c2c(-c3ccccc3)c(-c3ccccc3)nn12. The maximum atomic E-state index is 14.3. The summed E-state index contributed by atoms with van der Waals surface area (Å²) in [5.74, 6) is 0.651. The van der Waals surface area contributed by atoms with Gasteiger partial charge in [-0.05, 0) is 29.3 Å². The molecule has 0 aliphatic heterocycles. The molecule has 0 aliphatic carbocycles. The van der Waals surface area contributed by atoms with Crippen LogP contribution in [-0.2, 0) is 6.42 Å². The Morgan fingerprint density at radius 1 is 0.763 bits per heavy atom. The Morgan fingerprint density at radius 2 is 1.55 bits per heavy atom. The first-order chi connectivity index (χ1) is 18.8. The predicted octanol–water partition coefficient (Wildman–Crippen LogP) is 5.28. The number of nitrogens with zero attached hydrogens (tertiary/aromatic N) is 5. The highest BCUT2D eigenvalue weighted by atomic mass is 16.1. The molecule has 0 aliphatic rings. The summed E-state index contributed by atoms with van der Waals surface area (Å²) in [4.78, 5) is 26.6. The Kier molecular flexibility index (Phi) is 5.14. The van der Waals surface area contributed by atoms with Crippen LogP contribution in [0.3, 0.4) is 0 Å². The normalized spacial score (nSPS) is 11.4. The molecule has 3 aromatic carbocycles. The fraction of sp³-hybridized carbons (Fsp3) is 0.0333. The van der Waals surface area contributed by atoms with E-state index < -0.39 is 0 Å². The molecule has 182 valence electrons. The van der Waals surface area contributed by atoms with Gasteiger partial charge >= 0.3 is 0 Å². The molecule has 7 aromatic rings. The van der Waals surface area contributed by atoms with Gasteiger partial charge in [-0.2, -0.15) is 14.7 Å². The van der Waals surface area contributed by atoms with Crippen molar-refractivity contribution in [3.63, 3.8) is 0 Å². The molecule has 8 nitrogen and oxygen atoms in total. The van der Waals surface area contributed by atoms with Crippen LogP contribution in [0.4, 0.5) is 0 Å². The van der Waals surface area contributed by atoms with Crippen molar-refractivity contribution >= 4 is 16.6 Å². The molecule has 0 saturated heterocycles. The Labute approximate surface area is 216 Å². The quantitative estimate of drug-likeness (QED) is 0.338. The van der Waals surface area contributed by atoms with Gasteiger partial charge in [-0.25, -0.2) is 4.98 Å². The fourth-order valence-corrected chi connectivity index (χ4v) is 4.94. The van der Waals surface area contributed by atoms with Gasteiger partial charge in [0.05, 0.1) is 16.6 Å². The first-order valence-corrected chi connectivity index (χ1v) is 12.2. The highest BCUT2D eigenvalue weighted by molar-refractivity contribution is 5.91. The number of H-pyrrole nitrogens is 2. The highest BCUT2D eigenvalue weighted by Crippen LogP contribution is 2.35. The number of aromatic nitrogens is 7. The zero-order valence-electron chi connectivity index (χ0n) is 20.2. The van der Waals surface area contributed by atoms with Crippen molar-refractivity contribution in [1.29, 1.82) is 0 Å². The van der Waals surface area contributed by atoms with Crippen molar-refractivity contribution in [3.05, 3.63) is 125 Å². The van der Waals surface area contributed by atoms with Gasteiger partial charge in [0.15, 0.2) is 0 Å². The van der Waals surface area contributed by atoms with Gasteiger partial charge in [0.1, 0.15) is 23.5 Å². The lowest BCUT2D eigenvalue weighted by Crippen LogP contribution is -2.20. The molecule has 7 rings (SSSR count). The zero-order valence-corrected chi connectivity index (χ0v) is 20.2. The zero-order chi connectivity index (χ0) is 25.5. The number of pyridine rings is 1. The van der Waals surface area contributed by atoms with E-state index in [1.807, 2.05) is 91.0 Å². The number of benzene rings is 3. The van der Waals surface area contributed by atoms with Gasteiger partial charge in [0.25, 0.3) is 5.56 Å². The monoisotopic (exact) mass is 495 g/mol. The lowest BCUT2D eigenvalue weighted by Gasteiger charge is -2.11. The van der Waals surface area contributed by atoms with Crippen molar-refractivity contribution in [2.45, 2.75) is 6.42 Å². The Hall–Kier alpha value is -5.37. The number of rotatable bonds is 5. The van der Waals surface area contributed by atoms with E-state index in [0.717, 1.165) is 44.5 Å². The number of nitrogens with one attached hydrogen (secondary N) is 2. The van der Waals surface area contributed by atoms with Crippen LogP contribution in [0.2, 0.25) is 0 Å². The first-order valence-electron chi connectivity index (χ1n) is 12.2. The van der Waals surface area contributed by atoms with Crippen LogP contribution >= 0.6 is 0 Å². The average Bonchev–Trinajstić information content (AvgIpc) is 3.62. The average molecular weight is 496 g/mol. The molecule has 0 amide bonds. The number of fused-ring (bicyclic) bond motifs is 2. The Morgan fingerprint density at radius 3 is 2.32 bits per heavy atom. The summed E-state index contributed by atoms with van der Waals surface area (Å²) in [6, 6.07) is 29.7. The van der Waals surface area contributed by atoms with E-state index in [2.05, 4.69) is 25.1 Å². The first kappa shape index (κ1) is 21.9. The predicted molar refractivity (Wildman–Crippen MR) is 147 cm³/mol. The van der Waals surface area contributed by atoms with Gasteiger partial charge in [-0.3, -0.25) is 14.9 Å². The second-order valence-electron chi connectivity index (χ2n) is 9.02. The third-order valence-electron chi connectivity index (χ3n) is 6.67. The van der Waals surface area contributed by atoms with Crippen LogP contribution in [0, 0.1) is 0 Å². The summed E-state index contributed by atoms with van der Waals surface area (Å²) in [5, 5.41) is 12.7. The van der Waals surface area contributed by atoms with Crippen LogP contribution in [0.5, 0.6) is 0 Å². The Balaban J connectivity index is 1.56. The topological polar surface area (TPSA) is 105 Å². The summed E-state index contributed by atoms with van der Waals surface area (Å²) >= 11 is 0. The molecule has 4 aromatic heterocycles. The van der Waals surface area contributed by atoms with Crippen LogP contribution < -0.4 is 5.56 Å². The van der Waals surface area contributed by atoms with Crippen LogP contribution in [0.15, 0.2) is 108 Å². The van der Waals surface area contributed by atoms with E-state index >= 15 is 0 Å². The minimum atomic E-state index is -0.212. The second-order valence-corrected chi connectivity index (χ2v) is 9.02. The molecule has 38 heavy (non-hydrogen) atoms. The molecule has 4 heterocycles. The molecule has 0 bridgehead atoms. The number of hydrogen-bond acceptors (Lipinski definition) is 5. The third kappa shape index (κ3) is 3.67. The highest BCUT2D eigenvalue weighted by Gasteiger charge is 2.23. The molecular formula is C30H21N7O. The second kappa shape index (κ2) is 8.94.